The van der Waals surface area contributed by atoms with Crippen LogP contribution in [0, 0.1) is 0 Å². The van der Waals surface area contributed by atoms with E-state index < -0.39 is 0 Å². The molecule has 0 bridgehead atoms. The van der Waals surface area contributed by atoms with E-state index >= 15 is 0 Å². The molecular formula is C27H28ClN3O3. The minimum Gasteiger partial charge on any atom is -0.488 e. The quantitative estimate of drug-likeness (QED) is 0.212. The summed E-state index contributed by atoms with van der Waals surface area (Å²) in [5, 5.41) is 7.58. The molecule has 0 saturated heterocycles. The Morgan fingerprint density at radius 2 is 1.53 bits per heavy atom. The van der Waals surface area contributed by atoms with E-state index in [1.54, 1.807) is 6.21 Å². The molecule has 3 aromatic rings. The summed E-state index contributed by atoms with van der Waals surface area (Å²) in [4.78, 5) is 24.0. The number of hydrogen-bond donors (Lipinski definition) is 2. The van der Waals surface area contributed by atoms with Crippen molar-refractivity contribution in [1.82, 2.24) is 10.7 Å². The monoisotopic (exact) mass is 477 g/mol. The highest BCUT2D eigenvalue weighted by Gasteiger charge is 2.06. The number of nitrogens with zero attached hydrogens (tertiary/aromatic N) is 1. The van der Waals surface area contributed by atoms with Gasteiger partial charge in [-0.1, -0.05) is 72.3 Å². The van der Waals surface area contributed by atoms with Gasteiger partial charge in [0.25, 0.3) is 0 Å². The molecule has 0 atom stereocenters. The molecule has 34 heavy (non-hydrogen) atoms. The second-order valence-corrected chi connectivity index (χ2v) is 8.09. The molecule has 0 aliphatic carbocycles. The van der Waals surface area contributed by atoms with Gasteiger partial charge in [0.05, 0.1) is 6.21 Å². The predicted molar refractivity (Wildman–Crippen MR) is 135 cm³/mol. The molecule has 0 aliphatic rings. The third kappa shape index (κ3) is 8.71. The maximum absolute atomic E-state index is 12.1. The van der Waals surface area contributed by atoms with E-state index in [1.807, 2.05) is 78.9 Å². The third-order valence-corrected chi connectivity index (χ3v) is 5.41. The first-order chi connectivity index (χ1) is 16.6. The molecule has 0 spiro atoms. The van der Waals surface area contributed by atoms with Gasteiger partial charge in [0.15, 0.2) is 0 Å². The first kappa shape index (κ1) is 25.0. The summed E-state index contributed by atoms with van der Waals surface area (Å²) < 4.78 is 5.89. The first-order valence-electron chi connectivity index (χ1n) is 11.2. The largest absolute Gasteiger partial charge is 0.488 e. The second-order valence-electron chi connectivity index (χ2n) is 7.68. The number of hydrogen-bond acceptors (Lipinski definition) is 4. The van der Waals surface area contributed by atoms with Crippen LogP contribution in [-0.2, 0) is 22.7 Å². The Bertz CT molecular complexity index is 1100. The van der Waals surface area contributed by atoms with Gasteiger partial charge < -0.3 is 10.1 Å². The van der Waals surface area contributed by atoms with Crippen LogP contribution in [0.3, 0.4) is 0 Å². The number of rotatable bonds is 12. The van der Waals surface area contributed by atoms with Gasteiger partial charge in [-0.15, -0.1) is 0 Å². The van der Waals surface area contributed by atoms with Crippen molar-refractivity contribution in [2.45, 2.75) is 38.8 Å². The molecule has 0 radical (unpaired) electrons. The van der Waals surface area contributed by atoms with Crippen LogP contribution < -0.4 is 15.5 Å². The molecule has 2 N–H and O–H groups in total. The van der Waals surface area contributed by atoms with E-state index in [0.717, 1.165) is 16.7 Å². The second kappa shape index (κ2) is 13.8. The van der Waals surface area contributed by atoms with E-state index in [-0.39, 0.29) is 11.8 Å². The fourth-order valence-corrected chi connectivity index (χ4v) is 3.37. The lowest BCUT2D eigenvalue weighted by molar-refractivity contribution is -0.123. The zero-order chi connectivity index (χ0) is 24.0. The average Bonchev–Trinajstić information content (AvgIpc) is 2.86. The number of ether oxygens (including phenoxy) is 1. The van der Waals surface area contributed by atoms with Crippen LogP contribution in [-0.4, -0.2) is 18.0 Å². The summed E-state index contributed by atoms with van der Waals surface area (Å²) >= 11 is 6.18. The van der Waals surface area contributed by atoms with Crippen LogP contribution in [0.25, 0.3) is 0 Å². The summed E-state index contributed by atoms with van der Waals surface area (Å²) in [6.45, 7) is 0.842. The van der Waals surface area contributed by atoms with Crippen molar-refractivity contribution in [3.8, 4) is 5.75 Å². The Morgan fingerprint density at radius 1 is 0.853 bits per heavy atom. The first-order valence-corrected chi connectivity index (χ1v) is 11.6. The Morgan fingerprint density at radius 3 is 2.32 bits per heavy atom. The van der Waals surface area contributed by atoms with E-state index in [1.165, 1.54) is 0 Å². The highest BCUT2D eigenvalue weighted by Crippen LogP contribution is 2.20. The van der Waals surface area contributed by atoms with Crippen molar-refractivity contribution in [3.05, 3.63) is 101 Å². The highest BCUT2D eigenvalue weighted by atomic mass is 35.5. The van der Waals surface area contributed by atoms with Gasteiger partial charge in [-0.2, -0.15) is 5.10 Å². The summed E-state index contributed by atoms with van der Waals surface area (Å²) in [6.07, 6.45) is 3.48. The van der Waals surface area contributed by atoms with Gasteiger partial charge in [-0.05, 0) is 36.6 Å². The van der Waals surface area contributed by atoms with Crippen molar-refractivity contribution >= 4 is 29.6 Å². The topological polar surface area (TPSA) is 79.8 Å². The lowest BCUT2D eigenvalue weighted by Gasteiger charge is -2.10. The van der Waals surface area contributed by atoms with Crippen molar-refractivity contribution in [1.29, 1.82) is 0 Å². The van der Waals surface area contributed by atoms with Crippen molar-refractivity contribution in [2.24, 2.45) is 5.10 Å². The Kier molecular flexibility index (Phi) is 10.1. The van der Waals surface area contributed by atoms with Crippen LogP contribution in [0.15, 0.2) is 84.0 Å². The molecule has 176 valence electrons. The zero-order valence-corrected chi connectivity index (χ0v) is 19.6. The van der Waals surface area contributed by atoms with Gasteiger partial charge in [-0.25, -0.2) is 5.43 Å². The molecule has 0 unspecified atom stereocenters. The molecule has 6 nitrogen and oxygen atoms in total. The number of benzene rings is 3. The fraction of sp³-hybridized carbons (Fsp3) is 0.222. The SMILES string of the molecule is O=C(CCCCC(=O)NN=Cc1ccccc1OCc1ccccc1Cl)NCc1ccccc1. The van der Waals surface area contributed by atoms with Gasteiger partial charge >= 0.3 is 0 Å². The minimum absolute atomic E-state index is 0.0179. The van der Waals surface area contributed by atoms with Crippen LogP contribution in [0.5, 0.6) is 5.75 Å². The highest BCUT2D eigenvalue weighted by molar-refractivity contribution is 6.31. The Hall–Kier alpha value is -3.64. The van der Waals surface area contributed by atoms with Crippen LogP contribution in [0.1, 0.15) is 42.4 Å². The molecule has 0 saturated carbocycles. The zero-order valence-electron chi connectivity index (χ0n) is 18.9. The number of para-hydroxylation sites is 1. The lowest BCUT2D eigenvalue weighted by atomic mass is 10.1. The fourth-order valence-electron chi connectivity index (χ4n) is 3.18. The summed E-state index contributed by atoms with van der Waals surface area (Å²) in [6, 6.07) is 24.7. The molecule has 3 rings (SSSR count). The number of unbranched alkanes of at least 4 members (excludes halogenated alkanes) is 1. The lowest BCUT2D eigenvalue weighted by Crippen LogP contribution is -2.22. The predicted octanol–water partition coefficient (Wildman–Crippen LogP) is 5.25. The van der Waals surface area contributed by atoms with E-state index in [0.29, 0.717) is 49.6 Å². The van der Waals surface area contributed by atoms with Gasteiger partial charge in [0.2, 0.25) is 11.8 Å². The number of carbonyl (C=O) groups excluding carboxylic acids is 2. The molecular weight excluding hydrogens is 450 g/mol. The third-order valence-electron chi connectivity index (χ3n) is 5.04. The summed E-state index contributed by atoms with van der Waals surface area (Å²) in [5.41, 5.74) is 5.22. The number of nitrogens with one attached hydrogen (secondary N) is 2. The molecule has 3 aromatic carbocycles. The van der Waals surface area contributed by atoms with Crippen LogP contribution >= 0.6 is 11.6 Å². The molecule has 7 heteroatoms. The van der Waals surface area contributed by atoms with Crippen LogP contribution in [0.2, 0.25) is 5.02 Å². The average molecular weight is 478 g/mol. The minimum atomic E-state index is -0.199. The van der Waals surface area contributed by atoms with Crippen molar-refractivity contribution < 1.29 is 14.3 Å². The summed E-state index contributed by atoms with van der Waals surface area (Å²) in [7, 11) is 0. The van der Waals surface area contributed by atoms with Gasteiger partial charge in [0.1, 0.15) is 12.4 Å². The Labute approximate surface area is 205 Å². The smallest absolute Gasteiger partial charge is 0.240 e. The molecule has 0 aliphatic heterocycles. The molecule has 2 amide bonds. The molecule has 0 fully saturated rings. The Balaban J connectivity index is 1.35. The number of hydrazone groups is 1. The standard InChI is InChI=1S/C27H28ClN3O3/c28-24-14-6-4-13-23(24)20-34-25-15-7-5-12-22(25)19-30-31-27(33)17-9-8-16-26(32)29-18-21-10-2-1-3-11-21/h1-7,10-15,19H,8-9,16-18,20H2,(H,29,32)(H,31,33). The van der Waals surface area contributed by atoms with E-state index in [9.17, 15) is 9.59 Å². The van der Waals surface area contributed by atoms with Crippen molar-refractivity contribution in [3.63, 3.8) is 0 Å². The van der Waals surface area contributed by atoms with Gasteiger partial charge in [0, 0.05) is 35.5 Å². The van der Waals surface area contributed by atoms with Crippen LogP contribution in [0.4, 0.5) is 0 Å². The summed E-state index contributed by atoms with van der Waals surface area (Å²) in [5.74, 6) is 0.424. The number of amides is 2. The van der Waals surface area contributed by atoms with E-state index in [2.05, 4.69) is 15.8 Å². The number of carbonyl (C=O) groups is 2. The number of halogens is 1. The normalized spacial score (nSPS) is 10.7. The molecule has 0 aromatic heterocycles. The molecule has 0 heterocycles. The van der Waals surface area contributed by atoms with Gasteiger partial charge in [-0.3, -0.25) is 9.59 Å². The maximum atomic E-state index is 12.1. The van der Waals surface area contributed by atoms with E-state index in [4.69, 9.17) is 16.3 Å². The maximum Gasteiger partial charge on any atom is 0.240 e. The van der Waals surface area contributed by atoms with Crippen molar-refractivity contribution in [2.75, 3.05) is 0 Å².